The highest BCUT2D eigenvalue weighted by atomic mass is 15.1. The molecule has 0 saturated carbocycles. The first-order chi connectivity index (χ1) is 8.71. The van der Waals surface area contributed by atoms with Gasteiger partial charge in [0.25, 0.3) is 0 Å². The minimum absolute atomic E-state index is 0.370. The molecular formula is C14H24N4. The van der Waals surface area contributed by atoms with Crippen molar-refractivity contribution in [3.63, 3.8) is 0 Å². The lowest BCUT2D eigenvalue weighted by molar-refractivity contribution is 0.379. The molecule has 1 rings (SSSR count). The quantitative estimate of drug-likeness (QED) is 0.769. The molecule has 4 nitrogen and oxygen atoms in total. The molecule has 1 aromatic rings. The molecule has 4 heteroatoms. The maximum absolute atomic E-state index is 9.24. The molecule has 100 valence electrons. The van der Waals surface area contributed by atoms with E-state index in [2.05, 4.69) is 34.8 Å². The van der Waals surface area contributed by atoms with E-state index in [-0.39, 0.29) is 5.54 Å². The third-order valence-corrected chi connectivity index (χ3v) is 3.57. The van der Waals surface area contributed by atoms with E-state index in [1.807, 2.05) is 19.4 Å². The van der Waals surface area contributed by atoms with E-state index in [9.17, 15) is 5.26 Å². The largest absolute Gasteiger partial charge is 0.335 e. The van der Waals surface area contributed by atoms with Crippen molar-refractivity contribution in [3.05, 3.63) is 18.2 Å². The number of hydrogen-bond donors (Lipinski definition) is 1. The molecule has 0 aliphatic rings. The van der Waals surface area contributed by atoms with Gasteiger partial charge in [-0.25, -0.2) is 4.98 Å². The Balaban J connectivity index is 2.50. The van der Waals surface area contributed by atoms with Gasteiger partial charge in [-0.2, -0.15) is 5.26 Å². The Hall–Kier alpha value is -1.34. The number of nitrogens with zero attached hydrogens (tertiary/aromatic N) is 3. The van der Waals surface area contributed by atoms with Crippen LogP contribution in [-0.2, 0) is 13.0 Å². The fraction of sp³-hybridized carbons (Fsp3) is 0.714. The summed E-state index contributed by atoms with van der Waals surface area (Å²) in [6, 6.07) is 2.40. The summed E-state index contributed by atoms with van der Waals surface area (Å²) in [4.78, 5) is 4.36. The number of hydrogen-bond acceptors (Lipinski definition) is 3. The van der Waals surface area contributed by atoms with E-state index in [0.717, 1.165) is 44.5 Å². The van der Waals surface area contributed by atoms with E-state index in [1.54, 1.807) is 0 Å². The second-order valence-corrected chi connectivity index (χ2v) is 4.69. The van der Waals surface area contributed by atoms with Crippen LogP contribution in [0.3, 0.4) is 0 Å². The molecule has 0 saturated heterocycles. The summed E-state index contributed by atoms with van der Waals surface area (Å²) < 4.78 is 2.21. The molecular weight excluding hydrogens is 224 g/mol. The van der Waals surface area contributed by atoms with Crippen molar-refractivity contribution in [2.24, 2.45) is 0 Å². The zero-order valence-electron chi connectivity index (χ0n) is 11.7. The van der Waals surface area contributed by atoms with Crippen LogP contribution in [0.2, 0.25) is 0 Å². The van der Waals surface area contributed by atoms with Crippen LogP contribution in [0.25, 0.3) is 0 Å². The average molecular weight is 248 g/mol. The fourth-order valence-electron chi connectivity index (χ4n) is 2.22. The van der Waals surface area contributed by atoms with Gasteiger partial charge in [-0.1, -0.05) is 13.8 Å². The molecule has 18 heavy (non-hydrogen) atoms. The van der Waals surface area contributed by atoms with Crippen LogP contribution >= 0.6 is 0 Å². The first-order valence-electron chi connectivity index (χ1n) is 6.81. The zero-order chi connectivity index (χ0) is 13.4. The van der Waals surface area contributed by atoms with Crippen molar-refractivity contribution in [2.45, 2.75) is 58.0 Å². The van der Waals surface area contributed by atoms with Crippen LogP contribution < -0.4 is 5.32 Å². The second-order valence-electron chi connectivity index (χ2n) is 4.69. The fourth-order valence-corrected chi connectivity index (χ4v) is 2.22. The predicted octanol–water partition coefficient (Wildman–Crippen LogP) is 2.51. The van der Waals surface area contributed by atoms with Crippen molar-refractivity contribution < 1.29 is 0 Å². The molecule has 0 aliphatic heterocycles. The highest BCUT2D eigenvalue weighted by molar-refractivity contribution is 5.05. The lowest BCUT2D eigenvalue weighted by Crippen LogP contribution is -2.40. The van der Waals surface area contributed by atoms with Gasteiger partial charge < -0.3 is 9.88 Å². The van der Waals surface area contributed by atoms with Gasteiger partial charge in [-0.3, -0.25) is 0 Å². The summed E-state index contributed by atoms with van der Waals surface area (Å²) in [5, 5.41) is 12.4. The van der Waals surface area contributed by atoms with Gasteiger partial charge in [0.05, 0.1) is 6.07 Å². The third kappa shape index (κ3) is 3.58. The van der Waals surface area contributed by atoms with Crippen molar-refractivity contribution in [3.8, 4) is 6.07 Å². The summed E-state index contributed by atoms with van der Waals surface area (Å²) in [6.45, 7) is 5.16. The topological polar surface area (TPSA) is 53.6 Å². The number of aromatic nitrogens is 2. The standard InChI is InChI=1S/C14H24N4/c1-4-7-13-17-9-11-18(13)10-6-8-14(5-2,12-15)16-3/h9,11,16H,4-8,10H2,1-3H3. The van der Waals surface area contributed by atoms with Gasteiger partial charge in [0.1, 0.15) is 11.4 Å². The van der Waals surface area contributed by atoms with E-state index in [4.69, 9.17) is 0 Å². The summed E-state index contributed by atoms with van der Waals surface area (Å²) >= 11 is 0. The number of rotatable bonds is 8. The minimum Gasteiger partial charge on any atom is -0.335 e. The lowest BCUT2D eigenvalue weighted by atomic mass is 9.92. The number of nitrogens with one attached hydrogen (secondary N) is 1. The Labute approximate surface area is 110 Å². The van der Waals surface area contributed by atoms with Crippen LogP contribution in [0.4, 0.5) is 0 Å². The summed E-state index contributed by atoms with van der Waals surface area (Å²) in [7, 11) is 1.87. The van der Waals surface area contributed by atoms with Gasteiger partial charge in [0.15, 0.2) is 0 Å². The average Bonchev–Trinajstić information content (AvgIpc) is 2.83. The summed E-state index contributed by atoms with van der Waals surface area (Å²) in [5.41, 5.74) is -0.370. The number of nitriles is 1. The summed E-state index contributed by atoms with van der Waals surface area (Å²) in [5.74, 6) is 1.15. The molecule has 0 bridgehead atoms. The molecule has 0 spiro atoms. The SMILES string of the molecule is CCCc1nccn1CCCC(C#N)(CC)NC. The smallest absolute Gasteiger partial charge is 0.108 e. The normalized spacial score (nSPS) is 14.1. The first kappa shape index (κ1) is 14.7. The van der Waals surface area contributed by atoms with E-state index >= 15 is 0 Å². The lowest BCUT2D eigenvalue weighted by Gasteiger charge is -2.24. The molecule has 1 atom stereocenters. The molecule has 1 N–H and O–H groups in total. The van der Waals surface area contributed by atoms with Crippen molar-refractivity contribution in [1.82, 2.24) is 14.9 Å². The number of imidazole rings is 1. The Morgan fingerprint density at radius 2 is 2.28 bits per heavy atom. The van der Waals surface area contributed by atoms with Crippen LogP contribution in [0, 0.1) is 11.3 Å². The maximum atomic E-state index is 9.24. The highest BCUT2D eigenvalue weighted by Crippen LogP contribution is 2.17. The molecule has 0 radical (unpaired) electrons. The summed E-state index contributed by atoms with van der Waals surface area (Å²) in [6.07, 6.45) is 8.74. The monoisotopic (exact) mass is 248 g/mol. The van der Waals surface area contributed by atoms with E-state index in [0.29, 0.717) is 0 Å². The highest BCUT2D eigenvalue weighted by Gasteiger charge is 2.24. The zero-order valence-corrected chi connectivity index (χ0v) is 11.7. The molecule has 0 aliphatic carbocycles. The van der Waals surface area contributed by atoms with Crippen LogP contribution in [-0.4, -0.2) is 22.1 Å². The van der Waals surface area contributed by atoms with Crippen LogP contribution in [0.1, 0.15) is 45.4 Å². The molecule has 1 aromatic heterocycles. The predicted molar refractivity (Wildman–Crippen MR) is 73.2 cm³/mol. The van der Waals surface area contributed by atoms with Gasteiger partial charge in [-0.15, -0.1) is 0 Å². The second kappa shape index (κ2) is 7.17. The Morgan fingerprint density at radius 1 is 1.50 bits per heavy atom. The number of aryl methyl sites for hydroxylation is 2. The molecule has 1 heterocycles. The van der Waals surface area contributed by atoms with Gasteiger partial charge in [-0.05, 0) is 32.7 Å². The van der Waals surface area contributed by atoms with Crippen molar-refractivity contribution in [2.75, 3.05) is 7.05 Å². The maximum Gasteiger partial charge on any atom is 0.108 e. The Bertz CT molecular complexity index is 385. The van der Waals surface area contributed by atoms with Crippen LogP contribution in [0.15, 0.2) is 12.4 Å². The van der Waals surface area contributed by atoms with E-state index < -0.39 is 0 Å². The van der Waals surface area contributed by atoms with E-state index in [1.165, 1.54) is 0 Å². The van der Waals surface area contributed by atoms with Gasteiger partial charge in [0.2, 0.25) is 0 Å². The minimum atomic E-state index is -0.370. The molecule has 1 unspecified atom stereocenters. The molecule has 0 fully saturated rings. The Morgan fingerprint density at radius 3 is 2.83 bits per heavy atom. The third-order valence-electron chi connectivity index (χ3n) is 3.57. The van der Waals surface area contributed by atoms with Crippen molar-refractivity contribution >= 4 is 0 Å². The molecule has 0 aromatic carbocycles. The molecule has 0 amide bonds. The van der Waals surface area contributed by atoms with Crippen molar-refractivity contribution in [1.29, 1.82) is 5.26 Å². The van der Waals surface area contributed by atoms with Crippen LogP contribution in [0.5, 0.6) is 0 Å². The first-order valence-corrected chi connectivity index (χ1v) is 6.81. The Kier molecular flexibility index (Phi) is 5.87. The van der Waals surface area contributed by atoms with Gasteiger partial charge >= 0.3 is 0 Å². The van der Waals surface area contributed by atoms with Gasteiger partial charge in [0, 0.05) is 25.4 Å².